The Hall–Kier alpha value is -2.08. The Kier molecular flexibility index (Phi) is 4.57. The van der Waals surface area contributed by atoms with Gasteiger partial charge in [0.25, 0.3) is 5.91 Å². The highest BCUT2D eigenvalue weighted by molar-refractivity contribution is 9.10. The summed E-state index contributed by atoms with van der Waals surface area (Å²) >= 11 is 3.28. The summed E-state index contributed by atoms with van der Waals surface area (Å²) in [5.74, 6) is -0.316. The van der Waals surface area contributed by atoms with Crippen LogP contribution >= 0.6 is 15.9 Å². The fraction of sp³-hybridized carbons (Fsp3) is 0.0714. The maximum Gasteiger partial charge on any atom is 0.262 e. The minimum Gasteiger partial charge on any atom is -0.484 e. The molecule has 2 aromatic carbocycles. The van der Waals surface area contributed by atoms with Crippen LogP contribution in [0.3, 0.4) is 0 Å². The zero-order chi connectivity index (χ0) is 14.5. The van der Waals surface area contributed by atoms with Crippen molar-refractivity contribution < 1.29 is 13.9 Å². The van der Waals surface area contributed by atoms with Crippen LogP contribution in [0.2, 0.25) is 0 Å². The number of nitrogen functional groups attached to an aromatic ring is 1. The van der Waals surface area contributed by atoms with Crippen molar-refractivity contribution in [3.8, 4) is 5.75 Å². The van der Waals surface area contributed by atoms with E-state index in [2.05, 4.69) is 21.2 Å². The number of carbonyl (C=O) groups is 1. The monoisotopic (exact) mass is 338 g/mol. The smallest absolute Gasteiger partial charge is 0.262 e. The number of rotatable bonds is 4. The lowest BCUT2D eigenvalue weighted by molar-refractivity contribution is -0.118. The molecule has 3 N–H and O–H groups in total. The van der Waals surface area contributed by atoms with Crippen LogP contribution in [0.4, 0.5) is 15.8 Å². The van der Waals surface area contributed by atoms with E-state index in [-0.39, 0.29) is 12.5 Å². The zero-order valence-electron chi connectivity index (χ0n) is 10.4. The second kappa shape index (κ2) is 6.38. The molecule has 0 aliphatic heterocycles. The summed E-state index contributed by atoms with van der Waals surface area (Å²) in [6.07, 6.45) is 0. The van der Waals surface area contributed by atoms with E-state index < -0.39 is 5.82 Å². The van der Waals surface area contributed by atoms with Crippen molar-refractivity contribution in [2.45, 2.75) is 0 Å². The summed E-state index contributed by atoms with van der Waals surface area (Å²) in [5, 5.41) is 2.54. The molecule has 0 atom stereocenters. The van der Waals surface area contributed by atoms with Gasteiger partial charge in [-0.2, -0.15) is 0 Å². The minimum atomic E-state index is -0.413. The van der Waals surface area contributed by atoms with Crippen LogP contribution in [0.25, 0.3) is 0 Å². The van der Waals surface area contributed by atoms with E-state index in [1.165, 1.54) is 18.2 Å². The average molecular weight is 339 g/mol. The van der Waals surface area contributed by atoms with E-state index in [0.717, 1.165) is 4.47 Å². The number of ether oxygens (including phenoxy) is 1. The van der Waals surface area contributed by atoms with Gasteiger partial charge >= 0.3 is 0 Å². The van der Waals surface area contributed by atoms with Gasteiger partial charge < -0.3 is 15.8 Å². The Labute approximate surface area is 123 Å². The van der Waals surface area contributed by atoms with Crippen molar-refractivity contribution in [1.82, 2.24) is 0 Å². The molecule has 2 rings (SSSR count). The van der Waals surface area contributed by atoms with Crippen LogP contribution in [0, 0.1) is 5.82 Å². The van der Waals surface area contributed by atoms with Gasteiger partial charge in [-0.25, -0.2) is 4.39 Å². The van der Waals surface area contributed by atoms with E-state index in [9.17, 15) is 9.18 Å². The van der Waals surface area contributed by atoms with Crippen LogP contribution in [-0.2, 0) is 4.79 Å². The predicted molar refractivity (Wildman–Crippen MR) is 79.1 cm³/mol. The summed E-state index contributed by atoms with van der Waals surface area (Å²) < 4.78 is 19.0. The number of hydrogen-bond donors (Lipinski definition) is 2. The largest absolute Gasteiger partial charge is 0.484 e. The third kappa shape index (κ3) is 4.24. The molecule has 0 aliphatic rings. The van der Waals surface area contributed by atoms with Crippen molar-refractivity contribution in [2.75, 3.05) is 17.7 Å². The molecule has 2 aromatic rings. The quantitative estimate of drug-likeness (QED) is 0.841. The number of benzene rings is 2. The first kappa shape index (κ1) is 14.3. The summed E-state index contributed by atoms with van der Waals surface area (Å²) in [5.41, 5.74) is 6.56. The van der Waals surface area contributed by atoms with Crippen LogP contribution in [0.1, 0.15) is 0 Å². The van der Waals surface area contributed by atoms with Crippen LogP contribution in [0.5, 0.6) is 5.75 Å². The van der Waals surface area contributed by atoms with Crippen molar-refractivity contribution in [1.29, 1.82) is 0 Å². The molecule has 0 aliphatic carbocycles. The molecule has 4 nitrogen and oxygen atoms in total. The molecule has 0 bridgehead atoms. The number of amides is 1. The molecule has 104 valence electrons. The predicted octanol–water partition coefficient (Wildman–Crippen LogP) is 3.19. The lowest BCUT2D eigenvalue weighted by Crippen LogP contribution is -2.20. The SMILES string of the molecule is Nc1cc(Br)cc(OCC(=O)Nc2cccc(F)c2)c1. The topological polar surface area (TPSA) is 64.3 Å². The minimum absolute atomic E-state index is 0.188. The first-order chi connectivity index (χ1) is 9.52. The number of anilines is 2. The number of hydrogen-bond acceptors (Lipinski definition) is 3. The van der Waals surface area contributed by atoms with Crippen molar-refractivity contribution in [3.63, 3.8) is 0 Å². The lowest BCUT2D eigenvalue weighted by Gasteiger charge is -2.08. The van der Waals surface area contributed by atoms with Gasteiger partial charge in [0.1, 0.15) is 11.6 Å². The highest BCUT2D eigenvalue weighted by atomic mass is 79.9. The Bertz CT molecular complexity index is 614. The van der Waals surface area contributed by atoms with Gasteiger partial charge in [-0.1, -0.05) is 22.0 Å². The average Bonchev–Trinajstić information content (AvgIpc) is 2.35. The van der Waals surface area contributed by atoms with Crippen LogP contribution in [-0.4, -0.2) is 12.5 Å². The molecule has 0 saturated heterocycles. The van der Waals surface area contributed by atoms with E-state index >= 15 is 0 Å². The Morgan fingerprint density at radius 1 is 1.30 bits per heavy atom. The third-order valence-corrected chi connectivity index (χ3v) is 2.83. The fourth-order valence-corrected chi connectivity index (χ4v) is 2.07. The molecular formula is C14H12BrFN2O2. The Morgan fingerprint density at radius 2 is 2.10 bits per heavy atom. The molecule has 1 amide bonds. The van der Waals surface area contributed by atoms with Crippen molar-refractivity contribution in [3.05, 3.63) is 52.8 Å². The van der Waals surface area contributed by atoms with Gasteiger partial charge in [-0.05, 0) is 30.3 Å². The number of halogens is 2. The first-order valence-electron chi connectivity index (χ1n) is 5.77. The van der Waals surface area contributed by atoms with Crippen molar-refractivity contribution >= 4 is 33.2 Å². The molecule has 0 aromatic heterocycles. The van der Waals surface area contributed by atoms with Gasteiger partial charge in [-0.15, -0.1) is 0 Å². The summed E-state index contributed by atoms with van der Waals surface area (Å²) in [6, 6.07) is 10.7. The molecule has 0 heterocycles. The highest BCUT2D eigenvalue weighted by Crippen LogP contribution is 2.22. The number of nitrogens with one attached hydrogen (secondary N) is 1. The van der Waals surface area contributed by atoms with Gasteiger partial charge in [0.05, 0.1) is 0 Å². The molecule has 0 fully saturated rings. The van der Waals surface area contributed by atoms with Crippen LogP contribution in [0.15, 0.2) is 46.9 Å². The fourth-order valence-electron chi connectivity index (χ4n) is 1.58. The van der Waals surface area contributed by atoms with E-state index in [1.54, 1.807) is 24.3 Å². The number of nitrogens with two attached hydrogens (primary N) is 1. The van der Waals surface area contributed by atoms with Gasteiger partial charge in [0.15, 0.2) is 6.61 Å². The number of carbonyl (C=O) groups excluding carboxylic acids is 1. The molecule has 0 saturated carbocycles. The highest BCUT2D eigenvalue weighted by Gasteiger charge is 2.05. The van der Waals surface area contributed by atoms with E-state index in [0.29, 0.717) is 17.1 Å². The first-order valence-corrected chi connectivity index (χ1v) is 6.56. The Balaban J connectivity index is 1.92. The standard InChI is InChI=1S/C14H12BrFN2O2/c15-9-4-11(17)7-13(5-9)20-8-14(19)18-12-3-1-2-10(16)6-12/h1-7H,8,17H2,(H,18,19). The molecule has 0 unspecified atom stereocenters. The third-order valence-electron chi connectivity index (χ3n) is 2.37. The van der Waals surface area contributed by atoms with E-state index in [4.69, 9.17) is 10.5 Å². The Morgan fingerprint density at radius 3 is 2.80 bits per heavy atom. The van der Waals surface area contributed by atoms with Gasteiger partial charge in [-0.3, -0.25) is 4.79 Å². The maximum absolute atomic E-state index is 13.0. The summed E-state index contributed by atoms with van der Waals surface area (Å²) in [4.78, 5) is 11.7. The lowest BCUT2D eigenvalue weighted by atomic mass is 10.3. The maximum atomic E-state index is 13.0. The van der Waals surface area contributed by atoms with Gasteiger partial charge in [0, 0.05) is 21.9 Å². The molecule has 20 heavy (non-hydrogen) atoms. The van der Waals surface area contributed by atoms with Gasteiger partial charge in [0.2, 0.25) is 0 Å². The summed E-state index contributed by atoms with van der Waals surface area (Å²) in [6.45, 7) is -0.188. The van der Waals surface area contributed by atoms with Crippen molar-refractivity contribution in [2.24, 2.45) is 0 Å². The summed E-state index contributed by atoms with van der Waals surface area (Å²) in [7, 11) is 0. The molecule has 0 radical (unpaired) electrons. The molecular weight excluding hydrogens is 327 g/mol. The zero-order valence-corrected chi connectivity index (χ0v) is 12.0. The normalized spacial score (nSPS) is 10.1. The van der Waals surface area contributed by atoms with E-state index in [1.807, 2.05) is 0 Å². The second-order valence-electron chi connectivity index (χ2n) is 4.07. The molecule has 6 heteroatoms. The molecule has 0 spiro atoms. The second-order valence-corrected chi connectivity index (χ2v) is 4.98. The van der Waals surface area contributed by atoms with Crippen LogP contribution < -0.4 is 15.8 Å².